The van der Waals surface area contributed by atoms with Crippen LogP contribution in [0.5, 0.6) is 0 Å². The number of rotatable bonds is 1. The lowest BCUT2D eigenvalue weighted by Crippen LogP contribution is -2.38. The first-order valence-corrected chi connectivity index (χ1v) is 6.40. The van der Waals surface area contributed by atoms with E-state index in [0.29, 0.717) is 5.92 Å². The normalized spacial score (nSPS) is 26.3. The molecule has 3 aliphatic rings. The molecule has 1 spiro atoms. The summed E-state index contributed by atoms with van der Waals surface area (Å²) in [7, 11) is 0. The van der Waals surface area contributed by atoms with Crippen molar-refractivity contribution < 1.29 is 4.79 Å². The summed E-state index contributed by atoms with van der Waals surface area (Å²) >= 11 is 1.63. The lowest BCUT2D eigenvalue weighted by Gasteiger charge is -2.20. The number of hydrogen-bond donors (Lipinski definition) is 1. The molecule has 1 amide bonds. The Morgan fingerprint density at radius 3 is 2.87 bits per heavy atom. The highest BCUT2D eigenvalue weighted by Crippen LogP contribution is 2.53. The van der Waals surface area contributed by atoms with Crippen molar-refractivity contribution in [3.63, 3.8) is 0 Å². The predicted molar refractivity (Wildman–Crippen MR) is 57.3 cm³/mol. The zero-order valence-electron chi connectivity index (χ0n) is 8.38. The van der Waals surface area contributed by atoms with Crippen molar-refractivity contribution >= 4 is 17.2 Å². The molecule has 15 heavy (non-hydrogen) atoms. The summed E-state index contributed by atoms with van der Waals surface area (Å²) in [6.07, 6.45) is 4.93. The molecule has 4 heteroatoms. The number of fused-ring (bicyclic) bond motifs is 2. The molecule has 1 aliphatic heterocycles. The quantitative estimate of drug-likeness (QED) is 0.784. The number of hydrogen-bond acceptors (Lipinski definition) is 3. The Bertz CT molecular complexity index is 457. The van der Waals surface area contributed by atoms with E-state index < -0.39 is 0 Å². The van der Waals surface area contributed by atoms with Crippen LogP contribution in [0.2, 0.25) is 0 Å². The second-order valence-electron chi connectivity index (χ2n) is 4.97. The lowest BCUT2D eigenvalue weighted by molar-refractivity contribution is 0.0941. The van der Waals surface area contributed by atoms with Gasteiger partial charge in [-0.15, -0.1) is 11.3 Å². The zero-order chi connectivity index (χ0) is 10.0. The average Bonchev–Trinajstić information content (AvgIpc) is 3.14. The molecule has 2 saturated carbocycles. The van der Waals surface area contributed by atoms with Crippen LogP contribution in [0.3, 0.4) is 0 Å². The number of carbonyl (C=O) groups is 1. The summed E-state index contributed by atoms with van der Waals surface area (Å²) in [6.45, 7) is 0.812. The van der Waals surface area contributed by atoms with E-state index in [4.69, 9.17) is 4.98 Å². The van der Waals surface area contributed by atoms with Crippen LogP contribution in [0.4, 0.5) is 0 Å². The lowest BCUT2D eigenvalue weighted by atomic mass is 9.98. The molecular weight excluding hydrogens is 208 g/mol. The van der Waals surface area contributed by atoms with Crippen molar-refractivity contribution in [2.24, 2.45) is 0 Å². The topological polar surface area (TPSA) is 42.0 Å². The maximum atomic E-state index is 11.7. The van der Waals surface area contributed by atoms with Crippen LogP contribution in [-0.2, 0) is 5.41 Å². The molecule has 0 saturated heterocycles. The van der Waals surface area contributed by atoms with E-state index in [9.17, 15) is 4.79 Å². The van der Waals surface area contributed by atoms with Gasteiger partial charge in [0.25, 0.3) is 5.91 Å². The van der Waals surface area contributed by atoms with Gasteiger partial charge < -0.3 is 5.32 Å². The summed E-state index contributed by atoms with van der Waals surface area (Å²) in [4.78, 5) is 17.4. The number of thiazole rings is 1. The highest BCUT2D eigenvalue weighted by molar-refractivity contribution is 7.14. The molecular formula is C11H12N2OS. The molecule has 3 nitrogen and oxygen atoms in total. The van der Waals surface area contributed by atoms with E-state index in [-0.39, 0.29) is 11.3 Å². The van der Waals surface area contributed by atoms with E-state index in [2.05, 4.69) is 5.32 Å². The Morgan fingerprint density at radius 1 is 1.40 bits per heavy atom. The van der Waals surface area contributed by atoms with Gasteiger partial charge in [-0.25, -0.2) is 4.98 Å². The third-order valence-corrected chi connectivity index (χ3v) is 4.94. The Morgan fingerprint density at radius 2 is 2.20 bits per heavy atom. The molecule has 1 N–H and O–H groups in total. The zero-order valence-corrected chi connectivity index (χ0v) is 9.19. The summed E-state index contributed by atoms with van der Waals surface area (Å²) in [5.41, 5.74) is 1.37. The summed E-state index contributed by atoms with van der Waals surface area (Å²) in [5, 5.41) is 4.21. The van der Waals surface area contributed by atoms with Crippen LogP contribution < -0.4 is 5.32 Å². The number of nitrogens with zero attached hydrogens (tertiary/aromatic N) is 1. The van der Waals surface area contributed by atoms with Gasteiger partial charge in [0.2, 0.25) is 0 Å². The van der Waals surface area contributed by atoms with Gasteiger partial charge >= 0.3 is 0 Å². The van der Waals surface area contributed by atoms with Crippen molar-refractivity contribution in [3.05, 3.63) is 15.6 Å². The van der Waals surface area contributed by atoms with Gasteiger partial charge in [0.15, 0.2) is 0 Å². The van der Waals surface area contributed by atoms with E-state index in [0.717, 1.165) is 17.1 Å². The second kappa shape index (κ2) is 2.43. The van der Waals surface area contributed by atoms with E-state index in [1.165, 1.54) is 30.7 Å². The van der Waals surface area contributed by atoms with Crippen LogP contribution in [0, 0.1) is 0 Å². The number of amides is 1. The Balaban J connectivity index is 1.87. The van der Waals surface area contributed by atoms with Crippen molar-refractivity contribution in [1.29, 1.82) is 0 Å². The van der Waals surface area contributed by atoms with E-state index >= 15 is 0 Å². The first kappa shape index (κ1) is 8.28. The molecule has 78 valence electrons. The molecule has 4 rings (SSSR count). The average molecular weight is 220 g/mol. The largest absolute Gasteiger partial charge is 0.350 e. The molecule has 2 aliphatic carbocycles. The van der Waals surface area contributed by atoms with Gasteiger partial charge in [-0.2, -0.15) is 0 Å². The fraction of sp³-hybridized carbons (Fsp3) is 0.636. The number of nitrogens with one attached hydrogen (secondary N) is 1. The summed E-state index contributed by atoms with van der Waals surface area (Å²) < 4.78 is 0. The molecule has 0 atom stereocenters. The highest BCUT2D eigenvalue weighted by atomic mass is 32.1. The molecule has 2 fully saturated rings. The number of aromatic nitrogens is 1. The summed E-state index contributed by atoms with van der Waals surface area (Å²) in [5.74, 6) is 0.774. The molecule has 1 aromatic heterocycles. The Hall–Kier alpha value is -0.900. The van der Waals surface area contributed by atoms with Crippen LogP contribution in [0.1, 0.15) is 52.0 Å². The van der Waals surface area contributed by atoms with Crippen LogP contribution in [0.15, 0.2) is 0 Å². The van der Waals surface area contributed by atoms with Crippen LogP contribution in [0.25, 0.3) is 0 Å². The molecule has 0 bridgehead atoms. The predicted octanol–water partition coefficient (Wildman–Crippen LogP) is 1.80. The minimum atomic E-state index is 0.104. The summed E-state index contributed by atoms with van der Waals surface area (Å²) in [6, 6.07) is 0. The van der Waals surface area contributed by atoms with Gasteiger partial charge in [-0.3, -0.25) is 4.79 Å². The molecule has 0 aromatic carbocycles. The van der Waals surface area contributed by atoms with Gasteiger partial charge in [-0.05, 0) is 25.7 Å². The second-order valence-corrected chi connectivity index (χ2v) is 6.00. The van der Waals surface area contributed by atoms with Gasteiger partial charge in [0.05, 0.1) is 10.7 Å². The maximum Gasteiger partial charge on any atom is 0.263 e. The highest BCUT2D eigenvalue weighted by Gasteiger charge is 2.52. The SMILES string of the molecule is O=C1NCC2(CC2)c2nc(C3CC3)sc21. The molecule has 0 unspecified atom stereocenters. The Kier molecular flexibility index (Phi) is 1.34. The van der Waals surface area contributed by atoms with Gasteiger partial charge in [0.1, 0.15) is 4.88 Å². The third-order valence-electron chi connectivity index (χ3n) is 3.72. The van der Waals surface area contributed by atoms with E-state index in [1.54, 1.807) is 11.3 Å². The van der Waals surface area contributed by atoms with Gasteiger partial charge in [0, 0.05) is 17.9 Å². The fourth-order valence-corrected chi connectivity index (χ4v) is 3.60. The molecule has 0 radical (unpaired) electrons. The maximum absolute atomic E-state index is 11.7. The van der Waals surface area contributed by atoms with Gasteiger partial charge in [-0.1, -0.05) is 0 Å². The third kappa shape index (κ3) is 1.06. The van der Waals surface area contributed by atoms with Crippen molar-refractivity contribution in [3.8, 4) is 0 Å². The van der Waals surface area contributed by atoms with Crippen LogP contribution in [-0.4, -0.2) is 17.4 Å². The number of carbonyl (C=O) groups excluding carboxylic acids is 1. The first-order valence-electron chi connectivity index (χ1n) is 5.58. The van der Waals surface area contributed by atoms with Crippen molar-refractivity contribution in [1.82, 2.24) is 10.3 Å². The smallest absolute Gasteiger partial charge is 0.263 e. The minimum Gasteiger partial charge on any atom is -0.350 e. The first-order chi connectivity index (χ1) is 7.28. The minimum absolute atomic E-state index is 0.104. The molecule has 1 aromatic rings. The van der Waals surface area contributed by atoms with Crippen molar-refractivity contribution in [2.75, 3.05) is 6.54 Å². The monoisotopic (exact) mass is 220 g/mol. The fourth-order valence-electron chi connectivity index (χ4n) is 2.33. The van der Waals surface area contributed by atoms with Crippen LogP contribution >= 0.6 is 11.3 Å². The van der Waals surface area contributed by atoms with E-state index in [1.807, 2.05) is 0 Å². The van der Waals surface area contributed by atoms with Crippen molar-refractivity contribution in [2.45, 2.75) is 37.0 Å². The molecule has 2 heterocycles. The Labute approximate surface area is 91.9 Å². The standard InChI is InChI=1S/C11H12N2OS/c14-9-7-8(11(3-4-11)5-12-9)13-10(15-7)6-1-2-6/h6H,1-5H2,(H,12,14).